The monoisotopic (exact) mass is 264 g/mol. The molecule has 0 unspecified atom stereocenters. The third-order valence-corrected chi connectivity index (χ3v) is 3.09. The maximum Gasteiger partial charge on any atom is 0.142 e. The van der Waals surface area contributed by atoms with Crippen molar-refractivity contribution in [3.8, 4) is 0 Å². The highest BCUT2D eigenvalue weighted by molar-refractivity contribution is 9.10. The summed E-state index contributed by atoms with van der Waals surface area (Å²) in [5.41, 5.74) is 0.777. The highest BCUT2D eigenvalue weighted by atomic mass is 79.9. The first kappa shape index (κ1) is 11.9. The minimum absolute atomic E-state index is 0.318. The van der Waals surface area contributed by atoms with Crippen molar-refractivity contribution in [1.29, 1.82) is 0 Å². The van der Waals surface area contributed by atoms with E-state index >= 15 is 0 Å². The molecular formula is C13H13BrO. The summed E-state index contributed by atoms with van der Waals surface area (Å²) in [6.45, 7) is 5.83. The van der Waals surface area contributed by atoms with Gasteiger partial charge in [0.05, 0.1) is 0 Å². The molecule has 0 bridgehead atoms. The molecule has 1 aromatic rings. The molecule has 0 aliphatic rings. The van der Waals surface area contributed by atoms with Gasteiger partial charge in [-0.25, -0.2) is 0 Å². The van der Waals surface area contributed by atoms with Crippen LogP contribution < -0.4 is 0 Å². The molecule has 1 nitrogen and oxygen atoms in total. The molecule has 1 rings (SSSR count). The Labute approximate surface area is 98.6 Å². The normalized spacial score (nSPS) is 14.8. The molecular weight excluding hydrogens is 252 g/mol. The summed E-state index contributed by atoms with van der Waals surface area (Å²) < 4.78 is 1.02. The van der Waals surface area contributed by atoms with Crippen LogP contribution in [0.5, 0.6) is 0 Å². The van der Waals surface area contributed by atoms with Gasteiger partial charge < -0.3 is 0 Å². The predicted molar refractivity (Wildman–Crippen MR) is 66.9 cm³/mol. The van der Waals surface area contributed by atoms with Gasteiger partial charge in [0.15, 0.2) is 0 Å². The second-order valence-electron chi connectivity index (χ2n) is 3.46. The Bertz CT molecular complexity index is 395. The molecule has 0 saturated heterocycles. The molecule has 0 N–H and O–H groups in total. The van der Waals surface area contributed by atoms with Crippen LogP contribution in [-0.4, -0.2) is 6.29 Å². The molecule has 78 valence electrons. The van der Waals surface area contributed by atoms with Crippen LogP contribution in [-0.2, 0) is 10.2 Å². The number of aldehydes is 1. The van der Waals surface area contributed by atoms with E-state index in [2.05, 4.69) is 22.5 Å². The van der Waals surface area contributed by atoms with Gasteiger partial charge in [0, 0.05) is 9.89 Å². The van der Waals surface area contributed by atoms with Gasteiger partial charge in [-0.05, 0) is 24.6 Å². The van der Waals surface area contributed by atoms with Crippen LogP contribution in [0.25, 0.3) is 0 Å². The van der Waals surface area contributed by atoms with Crippen LogP contribution in [0.1, 0.15) is 12.5 Å². The van der Waals surface area contributed by atoms with Crippen molar-refractivity contribution in [2.45, 2.75) is 12.3 Å². The van der Waals surface area contributed by atoms with Gasteiger partial charge in [-0.3, -0.25) is 4.79 Å². The van der Waals surface area contributed by atoms with Crippen LogP contribution >= 0.6 is 15.9 Å². The van der Waals surface area contributed by atoms with Crippen molar-refractivity contribution >= 4 is 22.2 Å². The number of hydrogen-bond donors (Lipinski definition) is 0. The fraction of sp³-hybridized carbons (Fsp3) is 0.154. The number of hydrogen-bond acceptors (Lipinski definition) is 1. The molecule has 0 amide bonds. The summed E-state index contributed by atoms with van der Waals surface area (Å²) >= 11 is 3.49. The minimum Gasteiger partial charge on any atom is -0.299 e. The summed E-state index contributed by atoms with van der Waals surface area (Å²) in [7, 11) is 0. The highest BCUT2D eigenvalue weighted by Crippen LogP contribution is 2.32. The number of rotatable bonds is 4. The van der Waals surface area contributed by atoms with Crippen LogP contribution in [0.2, 0.25) is 0 Å². The predicted octanol–water partition coefficient (Wildman–Crippen LogP) is 3.65. The first-order chi connectivity index (χ1) is 7.14. The second-order valence-corrected chi connectivity index (χ2v) is 4.32. The largest absolute Gasteiger partial charge is 0.299 e. The van der Waals surface area contributed by atoms with E-state index in [0.29, 0.717) is 0 Å². The molecule has 0 aromatic heterocycles. The van der Waals surface area contributed by atoms with Crippen LogP contribution in [0.4, 0.5) is 0 Å². The molecule has 0 spiro atoms. The van der Waals surface area contributed by atoms with Gasteiger partial charge in [0.2, 0.25) is 0 Å². The molecule has 0 aliphatic heterocycles. The first-order valence-corrected chi connectivity index (χ1v) is 5.45. The summed E-state index contributed by atoms with van der Waals surface area (Å²) in [5.74, 6) is 0. The standard InChI is InChI=1S/C13H13BrO/c1-3-13(2,9-6-10-15)11-7-4-5-8-12(11)14/h3-10H,1H2,2H3/b9-6+/t13-/m1/s1. The van der Waals surface area contributed by atoms with E-state index in [-0.39, 0.29) is 5.41 Å². The fourth-order valence-electron chi connectivity index (χ4n) is 1.41. The van der Waals surface area contributed by atoms with E-state index in [1.165, 1.54) is 6.08 Å². The third-order valence-electron chi connectivity index (χ3n) is 2.40. The van der Waals surface area contributed by atoms with Gasteiger partial charge in [-0.2, -0.15) is 0 Å². The highest BCUT2D eigenvalue weighted by Gasteiger charge is 2.21. The van der Waals surface area contributed by atoms with Gasteiger partial charge >= 0.3 is 0 Å². The molecule has 1 aromatic carbocycles. The quantitative estimate of drug-likeness (QED) is 0.461. The van der Waals surface area contributed by atoms with Crippen molar-refractivity contribution in [1.82, 2.24) is 0 Å². The first-order valence-electron chi connectivity index (χ1n) is 4.65. The second kappa shape index (κ2) is 5.08. The molecule has 2 heteroatoms. The van der Waals surface area contributed by atoms with Crippen molar-refractivity contribution in [2.75, 3.05) is 0 Å². The minimum atomic E-state index is -0.318. The maximum absolute atomic E-state index is 10.4. The van der Waals surface area contributed by atoms with Crippen molar-refractivity contribution in [2.24, 2.45) is 0 Å². The lowest BCUT2D eigenvalue weighted by Gasteiger charge is -2.23. The lowest BCUT2D eigenvalue weighted by atomic mass is 9.82. The smallest absolute Gasteiger partial charge is 0.142 e. The summed E-state index contributed by atoms with van der Waals surface area (Å²) in [6, 6.07) is 7.92. The Balaban J connectivity index is 3.22. The van der Waals surface area contributed by atoms with Gasteiger partial charge in [0.1, 0.15) is 6.29 Å². The Hall–Kier alpha value is -1.15. The van der Waals surface area contributed by atoms with Gasteiger partial charge in [0.25, 0.3) is 0 Å². The molecule has 0 aliphatic carbocycles. The molecule has 15 heavy (non-hydrogen) atoms. The van der Waals surface area contributed by atoms with Crippen molar-refractivity contribution in [3.05, 3.63) is 59.1 Å². The molecule has 1 atom stereocenters. The van der Waals surface area contributed by atoms with E-state index in [1.807, 2.05) is 43.3 Å². The van der Waals surface area contributed by atoms with Gasteiger partial charge in [-0.1, -0.05) is 46.3 Å². The Kier molecular flexibility index (Phi) is 4.04. The average Bonchev–Trinajstić information content (AvgIpc) is 2.26. The Morgan fingerprint density at radius 2 is 2.07 bits per heavy atom. The van der Waals surface area contributed by atoms with E-state index in [4.69, 9.17) is 0 Å². The number of benzene rings is 1. The van der Waals surface area contributed by atoms with Crippen molar-refractivity contribution in [3.63, 3.8) is 0 Å². The van der Waals surface area contributed by atoms with E-state index in [9.17, 15) is 4.79 Å². The number of halogens is 1. The zero-order chi connectivity index (χ0) is 11.3. The fourth-order valence-corrected chi connectivity index (χ4v) is 2.12. The van der Waals surface area contributed by atoms with Gasteiger partial charge in [-0.15, -0.1) is 6.58 Å². The topological polar surface area (TPSA) is 17.1 Å². The lowest BCUT2D eigenvalue weighted by Crippen LogP contribution is -2.15. The zero-order valence-corrected chi connectivity index (χ0v) is 10.2. The number of allylic oxidation sites excluding steroid dienone is 3. The Morgan fingerprint density at radius 1 is 1.40 bits per heavy atom. The van der Waals surface area contributed by atoms with Crippen molar-refractivity contribution < 1.29 is 4.79 Å². The van der Waals surface area contributed by atoms with Crippen LogP contribution in [0, 0.1) is 0 Å². The summed E-state index contributed by atoms with van der Waals surface area (Å²) in [6.07, 6.45) is 5.94. The van der Waals surface area contributed by atoms with Crippen LogP contribution in [0.3, 0.4) is 0 Å². The summed E-state index contributed by atoms with van der Waals surface area (Å²) in [5, 5.41) is 0. The van der Waals surface area contributed by atoms with E-state index in [1.54, 1.807) is 0 Å². The number of carbonyl (C=O) groups excluding carboxylic acids is 1. The van der Waals surface area contributed by atoms with E-state index < -0.39 is 0 Å². The Morgan fingerprint density at radius 3 is 2.60 bits per heavy atom. The SMILES string of the molecule is C=C[C@](C)(/C=C/C=O)c1ccccc1Br. The third kappa shape index (κ3) is 2.66. The lowest BCUT2D eigenvalue weighted by molar-refractivity contribution is -0.104. The molecule has 0 radical (unpaired) electrons. The van der Waals surface area contributed by atoms with Crippen LogP contribution in [0.15, 0.2) is 53.5 Å². The summed E-state index contributed by atoms with van der Waals surface area (Å²) in [4.78, 5) is 10.4. The van der Waals surface area contributed by atoms with E-state index in [0.717, 1.165) is 16.3 Å². The molecule has 0 fully saturated rings. The molecule has 0 heterocycles. The average molecular weight is 265 g/mol. The number of carbonyl (C=O) groups is 1. The zero-order valence-electron chi connectivity index (χ0n) is 8.61. The maximum atomic E-state index is 10.4. The molecule has 0 saturated carbocycles.